The van der Waals surface area contributed by atoms with Crippen LogP contribution < -0.4 is 15.4 Å². The van der Waals surface area contributed by atoms with Crippen molar-refractivity contribution in [3.05, 3.63) is 53.6 Å². The number of para-hydroxylation sites is 1. The number of fused-ring (bicyclic) bond motifs is 1. The molecule has 0 spiro atoms. The molecule has 0 radical (unpaired) electrons. The molecule has 234 valence electrons. The van der Waals surface area contributed by atoms with Crippen LogP contribution in [0.25, 0.3) is 0 Å². The van der Waals surface area contributed by atoms with E-state index in [1.54, 1.807) is 30.0 Å². The fourth-order valence-corrected chi connectivity index (χ4v) is 5.07. The highest BCUT2D eigenvalue weighted by Gasteiger charge is 2.36. The molecule has 3 N–H and O–H groups in total. The van der Waals surface area contributed by atoms with E-state index < -0.39 is 29.9 Å². The number of carbonyl (C=O) groups excluding carboxylic acids is 3. The number of nitrogens with zero attached hydrogens (tertiary/aromatic N) is 2. The first kappa shape index (κ1) is 32.1. The summed E-state index contributed by atoms with van der Waals surface area (Å²) >= 11 is 0. The Hall–Kier alpha value is -3.84. The van der Waals surface area contributed by atoms with Gasteiger partial charge in [0.1, 0.15) is 6.10 Å². The van der Waals surface area contributed by atoms with Crippen LogP contribution >= 0.6 is 0 Å². The largest absolute Gasteiger partial charge is 0.485 e. The highest BCUT2D eigenvalue weighted by atomic mass is 19.4. The summed E-state index contributed by atoms with van der Waals surface area (Å²) in [4.78, 5) is 42.6. The number of aliphatic hydroxyl groups is 1. The molecule has 2 aromatic rings. The molecule has 2 aliphatic heterocycles. The number of rotatable bonds is 7. The summed E-state index contributed by atoms with van der Waals surface area (Å²) in [6.07, 6.45) is -4.01. The maximum absolute atomic E-state index is 13.7. The van der Waals surface area contributed by atoms with Gasteiger partial charge in [0.15, 0.2) is 5.75 Å². The number of hydrogen-bond donors (Lipinski definition) is 3. The van der Waals surface area contributed by atoms with Crippen LogP contribution in [0.1, 0.15) is 42.6 Å². The van der Waals surface area contributed by atoms with Crippen LogP contribution in [-0.2, 0) is 15.7 Å². The normalized spacial score (nSPS) is 20.3. The van der Waals surface area contributed by atoms with Crippen molar-refractivity contribution in [3.63, 3.8) is 0 Å². The number of urea groups is 1. The van der Waals surface area contributed by atoms with Gasteiger partial charge in [-0.3, -0.25) is 9.59 Å². The van der Waals surface area contributed by atoms with Gasteiger partial charge in [0.25, 0.3) is 5.91 Å². The third-order valence-electron chi connectivity index (χ3n) is 7.81. The minimum Gasteiger partial charge on any atom is -0.485 e. The molecule has 0 aromatic heterocycles. The average Bonchev–Trinajstić information content (AvgIpc) is 2.99. The maximum Gasteiger partial charge on any atom is 0.416 e. The Kier molecular flexibility index (Phi) is 10.2. The summed E-state index contributed by atoms with van der Waals surface area (Å²) in [6.45, 7) is 4.54. The first-order valence-corrected chi connectivity index (χ1v) is 14.2. The minimum atomic E-state index is -4.49. The molecular formula is C30H37F3N4O6. The molecule has 2 heterocycles. The van der Waals surface area contributed by atoms with E-state index in [-0.39, 0.29) is 60.3 Å². The number of halogens is 3. The summed E-state index contributed by atoms with van der Waals surface area (Å²) in [6, 6.07) is 7.91. The van der Waals surface area contributed by atoms with E-state index in [4.69, 9.17) is 9.47 Å². The van der Waals surface area contributed by atoms with Crippen molar-refractivity contribution in [1.82, 2.24) is 9.80 Å². The number of likely N-dealkylation sites (N-methyl/N-ethyl adjacent to an activating group) is 1. The number of alkyl halides is 3. The number of anilines is 2. The zero-order valence-corrected chi connectivity index (χ0v) is 24.3. The summed E-state index contributed by atoms with van der Waals surface area (Å²) in [5, 5.41) is 15.4. The molecule has 0 aliphatic carbocycles. The zero-order chi connectivity index (χ0) is 31.3. The van der Waals surface area contributed by atoms with E-state index in [1.165, 1.54) is 24.1 Å². The van der Waals surface area contributed by atoms with Crippen LogP contribution in [0.15, 0.2) is 42.5 Å². The van der Waals surface area contributed by atoms with Crippen molar-refractivity contribution >= 4 is 29.2 Å². The average molecular weight is 607 g/mol. The highest BCUT2D eigenvalue weighted by molar-refractivity contribution is 6.02. The molecule has 1 fully saturated rings. The number of benzene rings is 2. The van der Waals surface area contributed by atoms with E-state index in [0.29, 0.717) is 31.7 Å². The van der Waals surface area contributed by atoms with Crippen LogP contribution in [0.4, 0.5) is 29.3 Å². The number of nitrogens with one attached hydrogen (secondary N) is 2. The SMILES string of the molecule is C[C@@H]1CN([C@H](C)CO)C(=O)c2cccc(NC(=O)C3CCOCC3)c2O[C@H]1CN(C)C(=O)Nc1ccc(C(F)(F)F)cc1. The van der Waals surface area contributed by atoms with Gasteiger partial charge >= 0.3 is 12.2 Å². The lowest BCUT2D eigenvalue weighted by Gasteiger charge is -2.38. The number of hydrogen-bond acceptors (Lipinski definition) is 6. The second-order valence-corrected chi connectivity index (χ2v) is 11.1. The van der Waals surface area contributed by atoms with Crippen LogP contribution in [-0.4, -0.2) is 84.9 Å². The Morgan fingerprint density at radius 3 is 2.42 bits per heavy atom. The molecule has 43 heavy (non-hydrogen) atoms. The molecule has 1 saturated heterocycles. The predicted molar refractivity (Wildman–Crippen MR) is 153 cm³/mol. The first-order valence-electron chi connectivity index (χ1n) is 14.2. The Morgan fingerprint density at radius 2 is 1.79 bits per heavy atom. The first-order chi connectivity index (χ1) is 20.4. The van der Waals surface area contributed by atoms with Gasteiger partial charge in [-0.25, -0.2) is 4.79 Å². The Balaban J connectivity index is 1.58. The summed E-state index contributed by atoms with van der Waals surface area (Å²) < 4.78 is 50.5. The zero-order valence-electron chi connectivity index (χ0n) is 24.3. The summed E-state index contributed by atoms with van der Waals surface area (Å²) in [5.41, 5.74) is -0.118. The van der Waals surface area contributed by atoms with Gasteiger partial charge in [-0.2, -0.15) is 13.2 Å². The second kappa shape index (κ2) is 13.6. The van der Waals surface area contributed by atoms with Crippen LogP contribution in [0.5, 0.6) is 5.75 Å². The monoisotopic (exact) mass is 606 g/mol. The van der Waals surface area contributed by atoms with Crippen molar-refractivity contribution in [2.45, 2.75) is 45.0 Å². The van der Waals surface area contributed by atoms with Gasteiger partial charge in [-0.05, 0) is 56.2 Å². The molecule has 13 heteroatoms. The third-order valence-corrected chi connectivity index (χ3v) is 7.81. The van der Waals surface area contributed by atoms with E-state index >= 15 is 0 Å². The Morgan fingerprint density at radius 1 is 1.12 bits per heavy atom. The van der Waals surface area contributed by atoms with Crippen molar-refractivity contribution in [1.29, 1.82) is 0 Å². The molecule has 3 atom stereocenters. The van der Waals surface area contributed by atoms with Crippen molar-refractivity contribution in [2.75, 3.05) is 50.6 Å². The number of carbonyl (C=O) groups is 3. The van der Waals surface area contributed by atoms with Gasteiger partial charge in [-0.1, -0.05) is 13.0 Å². The van der Waals surface area contributed by atoms with E-state index in [9.17, 15) is 32.7 Å². The lowest BCUT2D eigenvalue weighted by Crippen LogP contribution is -2.50. The fraction of sp³-hybridized carbons (Fsp3) is 0.500. The Labute approximate surface area is 248 Å². The van der Waals surface area contributed by atoms with Crippen LogP contribution in [0.3, 0.4) is 0 Å². The smallest absolute Gasteiger partial charge is 0.416 e. The predicted octanol–water partition coefficient (Wildman–Crippen LogP) is 4.45. The lowest BCUT2D eigenvalue weighted by atomic mass is 9.98. The molecule has 0 unspecified atom stereocenters. The number of amides is 4. The van der Waals surface area contributed by atoms with E-state index in [0.717, 1.165) is 12.1 Å². The van der Waals surface area contributed by atoms with Crippen molar-refractivity contribution in [2.24, 2.45) is 11.8 Å². The standard InChI is InChI=1S/C30H37F3N4O6/c1-18-15-37(19(2)17-38)28(40)23-5-4-6-24(35-27(39)20-11-13-42-14-12-20)26(23)43-25(18)16-36(3)29(41)34-22-9-7-21(8-10-22)30(31,32)33/h4-10,18-20,25,38H,11-17H2,1-3H3,(H,34,41)(H,35,39)/t18-,19-,25+/m1/s1. The van der Waals surface area contributed by atoms with Crippen molar-refractivity contribution in [3.8, 4) is 5.75 Å². The second-order valence-electron chi connectivity index (χ2n) is 11.1. The fourth-order valence-electron chi connectivity index (χ4n) is 5.07. The van der Waals surface area contributed by atoms with Crippen LogP contribution in [0.2, 0.25) is 0 Å². The lowest BCUT2D eigenvalue weighted by molar-refractivity contribution is -0.137. The molecule has 10 nitrogen and oxygen atoms in total. The number of ether oxygens (including phenoxy) is 2. The minimum absolute atomic E-state index is 0.0465. The highest BCUT2D eigenvalue weighted by Crippen LogP contribution is 2.36. The molecule has 2 aromatic carbocycles. The molecule has 0 saturated carbocycles. The number of aliphatic hydroxyl groups excluding tert-OH is 1. The van der Waals surface area contributed by atoms with Gasteiger partial charge in [-0.15, -0.1) is 0 Å². The third kappa shape index (κ3) is 7.77. The van der Waals surface area contributed by atoms with Gasteiger partial charge < -0.3 is 35.0 Å². The molecular weight excluding hydrogens is 569 g/mol. The Bertz CT molecular complexity index is 1300. The van der Waals surface area contributed by atoms with E-state index in [1.807, 2.05) is 6.92 Å². The quantitative estimate of drug-likeness (QED) is 0.428. The summed E-state index contributed by atoms with van der Waals surface area (Å²) in [5.74, 6) is -0.997. The topological polar surface area (TPSA) is 120 Å². The summed E-state index contributed by atoms with van der Waals surface area (Å²) in [7, 11) is 1.52. The van der Waals surface area contributed by atoms with Crippen molar-refractivity contribution < 1.29 is 42.1 Å². The molecule has 2 aliphatic rings. The maximum atomic E-state index is 13.7. The van der Waals surface area contributed by atoms with Gasteiger partial charge in [0.05, 0.1) is 36.0 Å². The molecule has 4 amide bonds. The van der Waals surface area contributed by atoms with E-state index in [2.05, 4.69) is 10.6 Å². The van der Waals surface area contributed by atoms with Crippen LogP contribution in [0, 0.1) is 11.8 Å². The van der Waals surface area contributed by atoms with Gasteiger partial charge in [0.2, 0.25) is 5.91 Å². The molecule has 4 rings (SSSR count). The molecule has 0 bridgehead atoms. The van der Waals surface area contributed by atoms with Gasteiger partial charge in [0, 0.05) is 44.3 Å².